The van der Waals surface area contributed by atoms with Crippen molar-refractivity contribution < 1.29 is 13.8 Å². The molecule has 0 spiro atoms. The topological polar surface area (TPSA) is 61.5 Å². The van der Waals surface area contributed by atoms with E-state index >= 15 is 0 Å². The number of anilines is 1. The minimum Gasteiger partial charge on any atom is -0.495 e. The van der Waals surface area contributed by atoms with Gasteiger partial charge in [-0.15, -0.1) is 0 Å². The van der Waals surface area contributed by atoms with Crippen molar-refractivity contribution in [1.29, 1.82) is 0 Å². The molecule has 0 fully saturated rings. The van der Waals surface area contributed by atoms with Crippen LogP contribution in [0, 0.1) is 0 Å². The van der Waals surface area contributed by atoms with Crippen molar-refractivity contribution in [3.05, 3.63) is 23.8 Å². The van der Waals surface area contributed by atoms with Gasteiger partial charge in [0.15, 0.2) is 0 Å². The van der Waals surface area contributed by atoms with Gasteiger partial charge in [-0.25, -0.2) is 4.57 Å². The average Bonchev–Trinajstić information content (AvgIpc) is 2.26. The van der Waals surface area contributed by atoms with Crippen LogP contribution in [-0.4, -0.2) is 13.7 Å². The summed E-state index contributed by atoms with van der Waals surface area (Å²) in [5.41, 5.74) is 7.45. The van der Waals surface area contributed by atoms with Gasteiger partial charge in [-0.2, -0.15) is 0 Å². The SMILES string of the molecule is COc1cc(CCCOP=O)ccc1N. The van der Waals surface area contributed by atoms with Gasteiger partial charge >= 0.3 is 8.69 Å². The number of aryl methyl sites for hydroxylation is 1. The number of methoxy groups -OCH3 is 1. The van der Waals surface area contributed by atoms with Crippen LogP contribution in [0.25, 0.3) is 0 Å². The van der Waals surface area contributed by atoms with E-state index in [0.717, 1.165) is 18.4 Å². The fourth-order valence-corrected chi connectivity index (χ4v) is 1.49. The van der Waals surface area contributed by atoms with Crippen molar-refractivity contribution >= 4 is 14.4 Å². The average molecular weight is 227 g/mol. The lowest BCUT2D eigenvalue weighted by molar-refractivity contribution is 0.335. The van der Waals surface area contributed by atoms with Crippen molar-refractivity contribution in [2.24, 2.45) is 0 Å². The Bertz CT molecular complexity index is 330. The molecule has 2 N–H and O–H groups in total. The van der Waals surface area contributed by atoms with E-state index in [4.69, 9.17) is 15.0 Å². The third-order valence-electron chi connectivity index (χ3n) is 2.05. The molecule has 0 saturated heterocycles. The van der Waals surface area contributed by atoms with Crippen molar-refractivity contribution in [3.63, 3.8) is 0 Å². The Balaban J connectivity index is 2.50. The quantitative estimate of drug-likeness (QED) is 0.460. The fraction of sp³-hybridized carbons (Fsp3) is 0.400. The third-order valence-corrected chi connectivity index (χ3v) is 2.34. The summed E-state index contributed by atoms with van der Waals surface area (Å²) >= 11 is 0. The van der Waals surface area contributed by atoms with Crippen LogP contribution in [0.3, 0.4) is 0 Å². The Kier molecular flexibility index (Phi) is 5.08. The second kappa shape index (κ2) is 6.38. The molecule has 82 valence electrons. The number of benzene rings is 1. The molecule has 0 heterocycles. The maximum Gasteiger partial charge on any atom is 0.327 e. The molecule has 5 heteroatoms. The number of nitrogens with two attached hydrogens (primary N) is 1. The maximum absolute atomic E-state index is 10.00. The summed E-state index contributed by atoms with van der Waals surface area (Å²) in [5, 5.41) is 0. The highest BCUT2D eigenvalue weighted by Crippen LogP contribution is 2.22. The maximum atomic E-state index is 10.00. The molecular weight excluding hydrogens is 213 g/mol. The first-order valence-corrected chi connectivity index (χ1v) is 5.38. The van der Waals surface area contributed by atoms with E-state index in [1.165, 1.54) is 0 Å². The molecule has 1 rings (SSSR count). The smallest absolute Gasteiger partial charge is 0.327 e. The number of rotatable bonds is 6. The van der Waals surface area contributed by atoms with Crippen LogP contribution >= 0.6 is 8.69 Å². The van der Waals surface area contributed by atoms with Crippen molar-refractivity contribution in [1.82, 2.24) is 0 Å². The standard InChI is InChI=1S/C10H14NO3P/c1-13-10-7-8(4-5-9(10)11)3-2-6-14-15-12/h4-5,7H,2-3,6,11H2,1H3. The summed E-state index contributed by atoms with van der Waals surface area (Å²) in [5.74, 6) is 0.690. The van der Waals surface area contributed by atoms with Crippen LogP contribution in [0.5, 0.6) is 5.75 Å². The predicted molar refractivity (Wildman–Crippen MR) is 59.3 cm³/mol. The van der Waals surface area contributed by atoms with Crippen LogP contribution < -0.4 is 10.5 Å². The van der Waals surface area contributed by atoms with Gasteiger partial charge in [-0.1, -0.05) is 6.07 Å². The van der Waals surface area contributed by atoms with E-state index in [1.807, 2.05) is 18.2 Å². The molecule has 0 radical (unpaired) electrons. The summed E-state index contributed by atoms with van der Waals surface area (Å²) in [6, 6.07) is 5.68. The van der Waals surface area contributed by atoms with Crippen LogP contribution in [0.1, 0.15) is 12.0 Å². The lowest BCUT2D eigenvalue weighted by Crippen LogP contribution is -1.95. The van der Waals surface area contributed by atoms with Crippen LogP contribution in [-0.2, 0) is 15.5 Å². The minimum atomic E-state index is -0.261. The Hall–Kier alpha value is -1.12. The first kappa shape index (κ1) is 12.0. The second-order valence-corrected chi connectivity index (χ2v) is 3.49. The lowest BCUT2D eigenvalue weighted by atomic mass is 10.1. The van der Waals surface area contributed by atoms with E-state index in [2.05, 4.69) is 0 Å². The van der Waals surface area contributed by atoms with Gasteiger partial charge in [0.05, 0.1) is 19.4 Å². The molecule has 1 aromatic carbocycles. The predicted octanol–water partition coefficient (Wildman–Crippen LogP) is 2.43. The molecule has 0 aliphatic heterocycles. The largest absolute Gasteiger partial charge is 0.495 e. The molecule has 0 atom stereocenters. The fourth-order valence-electron chi connectivity index (χ4n) is 1.29. The molecule has 0 amide bonds. The number of ether oxygens (including phenoxy) is 1. The zero-order chi connectivity index (χ0) is 11.1. The molecule has 4 nitrogen and oxygen atoms in total. The van der Waals surface area contributed by atoms with Gasteiger partial charge in [0.25, 0.3) is 0 Å². The molecule has 1 aromatic rings. The summed E-state index contributed by atoms with van der Waals surface area (Å²) in [7, 11) is 1.33. The Labute approximate surface area is 90.7 Å². The summed E-state index contributed by atoms with van der Waals surface area (Å²) in [4.78, 5) is 0. The van der Waals surface area contributed by atoms with E-state index in [0.29, 0.717) is 18.0 Å². The van der Waals surface area contributed by atoms with E-state index < -0.39 is 0 Å². The summed E-state index contributed by atoms with van der Waals surface area (Å²) < 4.78 is 19.8. The van der Waals surface area contributed by atoms with Crippen molar-refractivity contribution in [2.45, 2.75) is 12.8 Å². The van der Waals surface area contributed by atoms with Crippen LogP contribution in [0.4, 0.5) is 5.69 Å². The molecule has 0 unspecified atom stereocenters. The van der Waals surface area contributed by atoms with E-state index in [-0.39, 0.29) is 8.69 Å². The molecular formula is C10H14NO3P. The van der Waals surface area contributed by atoms with Gasteiger partial charge in [0, 0.05) is 0 Å². The monoisotopic (exact) mass is 227 g/mol. The summed E-state index contributed by atoms with van der Waals surface area (Å²) in [6.45, 7) is 0.484. The van der Waals surface area contributed by atoms with Gasteiger partial charge in [0.1, 0.15) is 5.75 Å². The third kappa shape index (κ3) is 3.86. The molecule has 0 aromatic heterocycles. The second-order valence-electron chi connectivity index (χ2n) is 3.09. The van der Waals surface area contributed by atoms with Crippen LogP contribution in [0.2, 0.25) is 0 Å². The molecule has 0 saturated carbocycles. The van der Waals surface area contributed by atoms with Crippen LogP contribution in [0.15, 0.2) is 18.2 Å². The first-order chi connectivity index (χ1) is 7.27. The van der Waals surface area contributed by atoms with Gasteiger partial charge in [0.2, 0.25) is 0 Å². The Morgan fingerprint density at radius 2 is 2.27 bits per heavy atom. The summed E-state index contributed by atoms with van der Waals surface area (Å²) in [6.07, 6.45) is 1.68. The van der Waals surface area contributed by atoms with E-state index in [1.54, 1.807) is 7.11 Å². The highest BCUT2D eigenvalue weighted by molar-refractivity contribution is 7.17. The molecule has 0 aliphatic rings. The van der Waals surface area contributed by atoms with Crippen molar-refractivity contribution in [3.8, 4) is 5.75 Å². The normalized spacial score (nSPS) is 10.5. The Morgan fingerprint density at radius 3 is 2.93 bits per heavy atom. The molecule has 15 heavy (non-hydrogen) atoms. The van der Waals surface area contributed by atoms with Gasteiger partial charge in [-0.05, 0) is 30.5 Å². The van der Waals surface area contributed by atoms with Gasteiger partial charge in [-0.3, -0.25) is 4.52 Å². The van der Waals surface area contributed by atoms with Crippen molar-refractivity contribution in [2.75, 3.05) is 19.5 Å². The number of nitrogen functional groups attached to an aromatic ring is 1. The number of hydrogen-bond donors (Lipinski definition) is 1. The first-order valence-electron chi connectivity index (χ1n) is 4.65. The number of hydrogen-bond acceptors (Lipinski definition) is 4. The molecule has 0 aliphatic carbocycles. The molecule has 0 bridgehead atoms. The van der Waals surface area contributed by atoms with E-state index in [9.17, 15) is 4.57 Å². The minimum absolute atomic E-state index is 0.261. The Morgan fingerprint density at radius 1 is 1.47 bits per heavy atom. The van der Waals surface area contributed by atoms with Gasteiger partial charge < -0.3 is 10.5 Å². The zero-order valence-corrected chi connectivity index (χ0v) is 9.50. The zero-order valence-electron chi connectivity index (χ0n) is 8.60. The highest BCUT2D eigenvalue weighted by Gasteiger charge is 2.00. The lowest BCUT2D eigenvalue weighted by Gasteiger charge is -2.06. The highest BCUT2D eigenvalue weighted by atomic mass is 31.1.